The molecule has 1 fully saturated rings. The molecule has 0 radical (unpaired) electrons. The largest absolute Gasteiger partial charge is 0.476 e. The fourth-order valence-corrected chi connectivity index (χ4v) is 3.81. The van der Waals surface area contributed by atoms with Crippen LogP contribution in [0.2, 0.25) is 5.15 Å². The van der Waals surface area contributed by atoms with Gasteiger partial charge in [-0.1, -0.05) is 11.6 Å². The van der Waals surface area contributed by atoms with Crippen LogP contribution in [-0.2, 0) is 9.53 Å². The maximum atomic E-state index is 12.7. The molecule has 2 amide bonds. The van der Waals surface area contributed by atoms with Crippen LogP contribution in [0.5, 0.6) is 5.75 Å². The molecule has 0 saturated carbocycles. The monoisotopic (exact) mass is 446 g/mol. The van der Waals surface area contributed by atoms with Crippen LogP contribution in [0.15, 0.2) is 24.7 Å². The van der Waals surface area contributed by atoms with E-state index < -0.39 is 0 Å². The Morgan fingerprint density at radius 1 is 1.29 bits per heavy atom. The van der Waals surface area contributed by atoms with Gasteiger partial charge >= 0.3 is 6.09 Å². The smallest absolute Gasteiger partial charge is 0.410 e. The number of amides is 2. The number of ether oxygens (including phenoxy) is 2. The first-order valence-electron chi connectivity index (χ1n) is 10.1. The number of pyridine rings is 1. The molecule has 2 aromatic rings. The number of carbonyl (C=O) groups excluding carboxylic acids is 2. The van der Waals surface area contributed by atoms with Crippen molar-refractivity contribution >= 4 is 40.9 Å². The van der Waals surface area contributed by atoms with Crippen LogP contribution in [0.1, 0.15) is 26.7 Å². The number of hydrogen-bond donors (Lipinski definition) is 1. The molecule has 0 unspecified atom stereocenters. The second-order valence-corrected chi connectivity index (χ2v) is 7.90. The molecule has 31 heavy (non-hydrogen) atoms. The zero-order chi connectivity index (χ0) is 22.0. The zero-order valence-corrected chi connectivity index (χ0v) is 18.0. The Hall–Kier alpha value is -3.14. The van der Waals surface area contributed by atoms with Gasteiger partial charge in [-0.3, -0.25) is 9.69 Å². The Kier molecular flexibility index (Phi) is 6.08. The van der Waals surface area contributed by atoms with Gasteiger partial charge in [0.25, 0.3) is 5.91 Å². The van der Waals surface area contributed by atoms with Crippen molar-refractivity contribution in [2.75, 3.05) is 29.9 Å². The molecule has 4 heterocycles. The molecule has 1 saturated heterocycles. The first kappa shape index (κ1) is 21.1. The van der Waals surface area contributed by atoms with Crippen LogP contribution >= 0.6 is 11.6 Å². The number of hydrogen-bond acceptors (Lipinski definition) is 8. The summed E-state index contributed by atoms with van der Waals surface area (Å²) >= 11 is 6.14. The van der Waals surface area contributed by atoms with Crippen LogP contribution in [0, 0.1) is 0 Å². The summed E-state index contributed by atoms with van der Waals surface area (Å²) in [6.45, 7) is 4.51. The maximum absolute atomic E-state index is 12.7. The van der Waals surface area contributed by atoms with E-state index in [0.717, 1.165) is 0 Å². The molecule has 0 aromatic carbocycles. The van der Waals surface area contributed by atoms with Gasteiger partial charge in [0, 0.05) is 25.3 Å². The Bertz CT molecular complexity index is 980. The molecule has 0 aliphatic carbocycles. The van der Waals surface area contributed by atoms with Gasteiger partial charge in [0.05, 0.1) is 11.8 Å². The van der Waals surface area contributed by atoms with E-state index in [2.05, 4.69) is 20.3 Å². The van der Waals surface area contributed by atoms with Crippen LogP contribution < -0.4 is 15.0 Å². The van der Waals surface area contributed by atoms with Crippen molar-refractivity contribution in [2.45, 2.75) is 38.8 Å². The van der Waals surface area contributed by atoms with Crippen LogP contribution in [0.25, 0.3) is 0 Å². The molecule has 164 valence electrons. The molecule has 0 bridgehead atoms. The van der Waals surface area contributed by atoms with Crippen molar-refractivity contribution in [1.82, 2.24) is 19.9 Å². The molecule has 2 aliphatic heterocycles. The molecule has 2 aromatic heterocycles. The molecule has 0 spiro atoms. The van der Waals surface area contributed by atoms with Crippen molar-refractivity contribution in [3.05, 3.63) is 29.8 Å². The number of aromatic nitrogens is 3. The lowest BCUT2D eigenvalue weighted by Gasteiger charge is -2.39. The molecule has 11 heteroatoms. The summed E-state index contributed by atoms with van der Waals surface area (Å²) in [6.07, 6.45) is 3.68. The normalized spacial score (nSPS) is 16.7. The number of nitrogens with zero attached hydrogens (tertiary/aromatic N) is 5. The molecule has 1 N–H and O–H groups in total. The zero-order valence-electron chi connectivity index (χ0n) is 17.2. The highest BCUT2D eigenvalue weighted by molar-refractivity contribution is 6.32. The van der Waals surface area contributed by atoms with E-state index in [1.807, 2.05) is 13.8 Å². The van der Waals surface area contributed by atoms with Gasteiger partial charge in [0.15, 0.2) is 23.4 Å². The third kappa shape index (κ3) is 4.48. The van der Waals surface area contributed by atoms with Gasteiger partial charge in [-0.25, -0.2) is 19.7 Å². The van der Waals surface area contributed by atoms with E-state index in [0.29, 0.717) is 54.2 Å². The second-order valence-electron chi connectivity index (χ2n) is 7.54. The van der Waals surface area contributed by atoms with E-state index >= 15 is 0 Å². The maximum Gasteiger partial charge on any atom is 0.410 e. The van der Waals surface area contributed by atoms with Crippen molar-refractivity contribution in [1.29, 1.82) is 0 Å². The summed E-state index contributed by atoms with van der Waals surface area (Å²) in [5.74, 6) is 0.996. The van der Waals surface area contributed by atoms with Gasteiger partial charge in [-0.05, 0) is 38.8 Å². The predicted octanol–water partition coefficient (Wildman–Crippen LogP) is 3.00. The minimum absolute atomic E-state index is 0.108. The average molecular weight is 447 g/mol. The lowest BCUT2D eigenvalue weighted by molar-refractivity contribution is -0.122. The molecular formula is C20H23ClN6O4. The topological polar surface area (TPSA) is 110 Å². The molecule has 10 nitrogen and oxygen atoms in total. The third-order valence-electron chi connectivity index (χ3n) is 5.06. The summed E-state index contributed by atoms with van der Waals surface area (Å²) in [5.41, 5.74) is 0.564. The molecule has 0 atom stereocenters. The number of anilines is 3. The number of nitrogens with one attached hydrogen (secondary N) is 1. The minimum atomic E-state index is -0.329. The van der Waals surface area contributed by atoms with Crippen LogP contribution in [-0.4, -0.2) is 63.7 Å². The Morgan fingerprint density at radius 3 is 2.77 bits per heavy atom. The van der Waals surface area contributed by atoms with E-state index in [9.17, 15) is 9.59 Å². The summed E-state index contributed by atoms with van der Waals surface area (Å²) < 4.78 is 10.9. The Morgan fingerprint density at radius 2 is 2.06 bits per heavy atom. The second kappa shape index (κ2) is 8.93. The molecule has 2 aliphatic rings. The highest BCUT2D eigenvalue weighted by Crippen LogP contribution is 2.39. The first-order chi connectivity index (χ1) is 14.9. The van der Waals surface area contributed by atoms with Crippen molar-refractivity contribution in [3.8, 4) is 5.75 Å². The van der Waals surface area contributed by atoms with Gasteiger partial charge in [-0.15, -0.1) is 0 Å². The van der Waals surface area contributed by atoms with Crippen LogP contribution in [0.3, 0.4) is 0 Å². The van der Waals surface area contributed by atoms with Crippen molar-refractivity contribution < 1.29 is 19.1 Å². The fraction of sp³-hybridized carbons (Fsp3) is 0.450. The number of halogens is 1. The number of piperidine rings is 1. The van der Waals surface area contributed by atoms with Gasteiger partial charge < -0.3 is 19.7 Å². The average Bonchev–Trinajstić information content (AvgIpc) is 2.75. The highest BCUT2D eigenvalue weighted by Gasteiger charge is 2.37. The molecular weight excluding hydrogens is 424 g/mol. The van der Waals surface area contributed by atoms with Gasteiger partial charge in [0.2, 0.25) is 5.75 Å². The molecule has 4 rings (SSSR count). The SMILES string of the molecule is CC(C)OC(=O)N1CCC(N2C(=O)COc3c(Nc4cccnc4Cl)ncnc32)CC1. The van der Waals surface area contributed by atoms with E-state index in [1.165, 1.54) is 6.33 Å². The fourth-order valence-electron chi connectivity index (χ4n) is 3.65. The van der Waals surface area contributed by atoms with Crippen molar-refractivity contribution in [3.63, 3.8) is 0 Å². The standard InChI is InChI=1S/C20H23ClN6O4/c1-12(2)31-20(29)26-8-5-13(6-9-26)27-15(28)10-30-16-18(23-11-24-19(16)27)25-14-4-3-7-22-17(14)21/h3-4,7,11-13H,5-6,8-10H2,1-2H3,(H,23,24,25). The summed E-state index contributed by atoms with van der Waals surface area (Å²) in [4.78, 5) is 40.8. The minimum Gasteiger partial charge on any atom is -0.476 e. The van der Waals surface area contributed by atoms with Gasteiger partial charge in [0.1, 0.15) is 6.33 Å². The van der Waals surface area contributed by atoms with E-state index in [-0.39, 0.29) is 30.8 Å². The van der Waals surface area contributed by atoms with E-state index in [4.69, 9.17) is 21.1 Å². The highest BCUT2D eigenvalue weighted by atomic mass is 35.5. The number of likely N-dealkylation sites (tertiary alicyclic amines) is 1. The van der Waals surface area contributed by atoms with E-state index in [1.54, 1.807) is 28.1 Å². The summed E-state index contributed by atoms with van der Waals surface area (Å²) in [5, 5.41) is 3.39. The summed E-state index contributed by atoms with van der Waals surface area (Å²) in [6, 6.07) is 3.40. The first-order valence-corrected chi connectivity index (χ1v) is 10.4. The van der Waals surface area contributed by atoms with Crippen molar-refractivity contribution in [2.24, 2.45) is 0 Å². The number of carbonyl (C=O) groups is 2. The summed E-state index contributed by atoms with van der Waals surface area (Å²) in [7, 11) is 0. The Labute approximate surface area is 184 Å². The lowest BCUT2D eigenvalue weighted by atomic mass is 10.0. The third-order valence-corrected chi connectivity index (χ3v) is 5.36. The quantitative estimate of drug-likeness (QED) is 0.713. The van der Waals surface area contributed by atoms with Crippen LogP contribution in [0.4, 0.5) is 22.1 Å². The predicted molar refractivity (Wildman–Crippen MR) is 114 cm³/mol. The lowest BCUT2D eigenvalue weighted by Crippen LogP contribution is -2.52. The number of fused-ring (bicyclic) bond motifs is 1. The Balaban J connectivity index is 1.53. The van der Waals surface area contributed by atoms with Gasteiger partial charge in [-0.2, -0.15) is 0 Å². The number of rotatable bonds is 4.